The third-order valence-electron chi connectivity index (χ3n) is 3.00. The maximum Gasteiger partial charge on any atom is 0.270 e. The summed E-state index contributed by atoms with van der Waals surface area (Å²) in [6.07, 6.45) is 0.739. The van der Waals surface area contributed by atoms with E-state index in [0.29, 0.717) is 17.6 Å². The van der Waals surface area contributed by atoms with Crippen molar-refractivity contribution in [2.45, 2.75) is 40.2 Å². The third kappa shape index (κ3) is 4.00. The van der Waals surface area contributed by atoms with Crippen LogP contribution in [-0.4, -0.2) is 31.1 Å². The number of aromatic nitrogens is 5. The second-order valence-corrected chi connectivity index (χ2v) is 5.67. The molecule has 1 atom stereocenters. The molecule has 0 saturated heterocycles. The van der Waals surface area contributed by atoms with Gasteiger partial charge in [0.1, 0.15) is 11.5 Å². The number of H-pyrrole nitrogens is 1. The number of hydrogen-bond acceptors (Lipinski definition) is 6. The van der Waals surface area contributed by atoms with Crippen LogP contribution >= 0.6 is 0 Å². The molecule has 2 aromatic rings. The lowest BCUT2D eigenvalue weighted by Crippen LogP contribution is -2.28. The van der Waals surface area contributed by atoms with Gasteiger partial charge in [0.2, 0.25) is 5.95 Å². The van der Waals surface area contributed by atoms with Crippen LogP contribution in [0.3, 0.4) is 0 Å². The van der Waals surface area contributed by atoms with Crippen LogP contribution in [0.4, 0.5) is 5.95 Å². The fourth-order valence-electron chi connectivity index (χ4n) is 2.05. The molecule has 0 bridgehead atoms. The first-order valence-corrected chi connectivity index (χ1v) is 7.18. The van der Waals surface area contributed by atoms with Crippen molar-refractivity contribution in [1.82, 2.24) is 30.5 Å². The van der Waals surface area contributed by atoms with Gasteiger partial charge >= 0.3 is 0 Å². The number of nitrogens with zero attached hydrogens (tertiary/aromatic N) is 4. The van der Waals surface area contributed by atoms with Gasteiger partial charge in [-0.05, 0) is 32.3 Å². The van der Waals surface area contributed by atoms with Gasteiger partial charge in [-0.3, -0.25) is 9.89 Å². The molecule has 118 valence electrons. The van der Waals surface area contributed by atoms with Gasteiger partial charge in [0, 0.05) is 5.69 Å². The van der Waals surface area contributed by atoms with Gasteiger partial charge in [-0.15, -0.1) is 0 Å². The fourth-order valence-corrected chi connectivity index (χ4v) is 2.05. The molecule has 8 heteroatoms. The second-order valence-electron chi connectivity index (χ2n) is 5.67. The molecule has 0 spiro atoms. The first-order valence-electron chi connectivity index (χ1n) is 7.18. The van der Waals surface area contributed by atoms with Gasteiger partial charge < -0.3 is 11.1 Å². The largest absolute Gasteiger partial charge is 0.368 e. The Bertz CT molecular complexity index is 665. The molecular weight excluding hydrogens is 282 g/mol. The Morgan fingerprint density at radius 2 is 2.05 bits per heavy atom. The van der Waals surface area contributed by atoms with E-state index in [1.807, 2.05) is 0 Å². The van der Waals surface area contributed by atoms with Crippen molar-refractivity contribution in [1.29, 1.82) is 0 Å². The van der Waals surface area contributed by atoms with Gasteiger partial charge in [-0.2, -0.15) is 5.10 Å². The van der Waals surface area contributed by atoms with Crippen LogP contribution in [-0.2, 0) is 6.42 Å². The predicted octanol–water partition coefficient (Wildman–Crippen LogP) is 1.17. The zero-order chi connectivity index (χ0) is 16.3. The molecule has 1 amide bonds. The minimum absolute atomic E-state index is 0.102. The van der Waals surface area contributed by atoms with E-state index >= 15 is 0 Å². The number of rotatable bonds is 5. The Morgan fingerprint density at radius 3 is 2.64 bits per heavy atom. The highest BCUT2D eigenvalue weighted by atomic mass is 16.1. The maximum atomic E-state index is 12.3. The Balaban J connectivity index is 2.13. The average Bonchev–Trinajstić information content (AvgIpc) is 2.84. The minimum Gasteiger partial charge on any atom is -0.368 e. The Kier molecular flexibility index (Phi) is 4.69. The topological polar surface area (TPSA) is 122 Å². The number of aryl methyl sites for hydroxylation is 1. The molecule has 0 aliphatic rings. The Morgan fingerprint density at radius 1 is 1.32 bits per heavy atom. The molecular formula is C14H21N7O. The highest BCUT2D eigenvalue weighted by Crippen LogP contribution is 2.11. The van der Waals surface area contributed by atoms with Gasteiger partial charge in [-0.1, -0.05) is 13.8 Å². The highest BCUT2D eigenvalue weighted by Gasteiger charge is 2.17. The summed E-state index contributed by atoms with van der Waals surface area (Å²) >= 11 is 0. The SMILES string of the molecule is Cc1nc([C@H](C)NC(=O)c2cc(CC(C)C)nc(N)n2)n[nH]1. The summed E-state index contributed by atoms with van der Waals surface area (Å²) < 4.78 is 0. The van der Waals surface area contributed by atoms with E-state index in [2.05, 4.69) is 44.3 Å². The molecule has 0 aliphatic carbocycles. The first kappa shape index (κ1) is 15.9. The number of carbonyl (C=O) groups excluding carboxylic acids is 1. The Labute approximate surface area is 129 Å². The number of nitrogens with two attached hydrogens (primary N) is 1. The van der Waals surface area contributed by atoms with Crippen molar-refractivity contribution >= 4 is 11.9 Å². The molecule has 0 saturated carbocycles. The molecule has 22 heavy (non-hydrogen) atoms. The lowest BCUT2D eigenvalue weighted by molar-refractivity contribution is 0.0933. The summed E-state index contributed by atoms with van der Waals surface area (Å²) in [6, 6.07) is 1.34. The normalized spacial score (nSPS) is 12.4. The van der Waals surface area contributed by atoms with E-state index in [4.69, 9.17) is 5.73 Å². The second kappa shape index (κ2) is 6.50. The van der Waals surface area contributed by atoms with E-state index in [0.717, 1.165) is 12.1 Å². The van der Waals surface area contributed by atoms with E-state index in [-0.39, 0.29) is 23.6 Å². The number of hydrogen-bond donors (Lipinski definition) is 3. The van der Waals surface area contributed by atoms with Crippen LogP contribution in [0.5, 0.6) is 0 Å². The number of nitrogen functional groups attached to an aromatic ring is 1. The summed E-state index contributed by atoms with van der Waals surface area (Å²) in [5.41, 5.74) is 6.70. The molecule has 8 nitrogen and oxygen atoms in total. The average molecular weight is 303 g/mol. The molecule has 4 N–H and O–H groups in total. The first-order chi connectivity index (χ1) is 10.3. The maximum absolute atomic E-state index is 12.3. The van der Waals surface area contributed by atoms with E-state index in [1.165, 1.54) is 0 Å². The van der Waals surface area contributed by atoms with Crippen molar-refractivity contribution in [2.75, 3.05) is 5.73 Å². The van der Waals surface area contributed by atoms with Crippen molar-refractivity contribution in [3.05, 3.63) is 29.1 Å². The highest BCUT2D eigenvalue weighted by molar-refractivity contribution is 5.92. The van der Waals surface area contributed by atoms with Crippen LogP contribution in [0.1, 0.15) is 54.6 Å². The summed E-state index contributed by atoms with van der Waals surface area (Å²) in [4.78, 5) is 24.6. The smallest absolute Gasteiger partial charge is 0.270 e. The summed E-state index contributed by atoms with van der Waals surface area (Å²) in [5.74, 6) is 1.41. The molecule has 2 rings (SSSR count). The number of aromatic amines is 1. The summed E-state index contributed by atoms with van der Waals surface area (Å²) in [5, 5.41) is 9.58. The summed E-state index contributed by atoms with van der Waals surface area (Å²) in [6.45, 7) is 7.76. The van der Waals surface area contributed by atoms with Gasteiger partial charge in [0.25, 0.3) is 5.91 Å². The molecule has 2 heterocycles. The van der Waals surface area contributed by atoms with Gasteiger partial charge in [0.15, 0.2) is 5.82 Å². The molecule has 0 fully saturated rings. The lowest BCUT2D eigenvalue weighted by atomic mass is 10.1. The van der Waals surface area contributed by atoms with Crippen molar-refractivity contribution in [2.24, 2.45) is 5.92 Å². The van der Waals surface area contributed by atoms with E-state index < -0.39 is 0 Å². The monoisotopic (exact) mass is 303 g/mol. The van der Waals surface area contributed by atoms with E-state index in [1.54, 1.807) is 19.9 Å². The van der Waals surface area contributed by atoms with Crippen LogP contribution < -0.4 is 11.1 Å². The predicted molar refractivity (Wildman–Crippen MR) is 82.0 cm³/mol. The number of amides is 1. The lowest BCUT2D eigenvalue weighted by Gasteiger charge is -2.11. The van der Waals surface area contributed by atoms with Crippen LogP contribution in [0, 0.1) is 12.8 Å². The molecule has 2 aromatic heterocycles. The molecule has 0 unspecified atom stereocenters. The fraction of sp³-hybridized carbons (Fsp3) is 0.500. The number of anilines is 1. The van der Waals surface area contributed by atoms with Gasteiger partial charge in [-0.25, -0.2) is 15.0 Å². The quantitative estimate of drug-likeness (QED) is 0.762. The summed E-state index contributed by atoms with van der Waals surface area (Å²) in [7, 11) is 0. The van der Waals surface area contributed by atoms with Crippen molar-refractivity contribution in [3.63, 3.8) is 0 Å². The zero-order valence-electron chi connectivity index (χ0n) is 13.2. The molecule has 0 aliphatic heterocycles. The van der Waals surface area contributed by atoms with Gasteiger partial charge in [0.05, 0.1) is 6.04 Å². The zero-order valence-corrected chi connectivity index (χ0v) is 13.2. The number of carbonyl (C=O) groups is 1. The minimum atomic E-state index is -0.331. The van der Waals surface area contributed by atoms with Crippen LogP contribution in [0.2, 0.25) is 0 Å². The molecule has 0 aromatic carbocycles. The van der Waals surface area contributed by atoms with Crippen LogP contribution in [0.25, 0.3) is 0 Å². The standard InChI is InChI=1S/C14H21N7O/c1-7(2)5-10-6-11(19-14(15)18-10)13(22)16-8(3)12-17-9(4)20-21-12/h6-8H,5H2,1-4H3,(H,16,22)(H2,15,18,19)(H,17,20,21)/t8-/m0/s1. The van der Waals surface area contributed by atoms with E-state index in [9.17, 15) is 4.79 Å². The third-order valence-corrected chi connectivity index (χ3v) is 3.00. The molecule has 0 radical (unpaired) electrons. The number of nitrogens with one attached hydrogen (secondary N) is 2. The van der Waals surface area contributed by atoms with Crippen molar-refractivity contribution < 1.29 is 4.79 Å². The van der Waals surface area contributed by atoms with Crippen molar-refractivity contribution in [3.8, 4) is 0 Å². The Hall–Kier alpha value is -2.51. The van der Waals surface area contributed by atoms with Crippen LogP contribution in [0.15, 0.2) is 6.07 Å².